The molecule has 144 valence electrons. The topological polar surface area (TPSA) is 113 Å². The lowest BCUT2D eigenvalue weighted by Gasteiger charge is -2.11. The second-order valence-electron chi connectivity index (χ2n) is 6.25. The molecule has 7 nitrogen and oxygen atoms in total. The highest BCUT2D eigenvalue weighted by atomic mass is 32.2. The van der Waals surface area contributed by atoms with E-state index in [1.165, 1.54) is 24.3 Å². The summed E-state index contributed by atoms with van der Waals surface area (Å²) in [6.07, 6.45) is -0.0574. The van der Waals surface area contributed by atoms with Gasteiger partial charge >= 0.3 is 5.97 Å². The summed E-state index contributed by atoms with van der Waals surface area (Å²) >= 11 is 0. The Balaban J connectivity index is 2.02. The lowest BCUT2D eigenvalue weighted by Crippen LogP contribution is -2.29. The Hall–Kier alpha value is -2.71. The van der Waals surface area contributed by atoms with Crippen LogP contribution in [0.5, 0.6) is 0 Å². The summed E-state index contributed by atoms with van der Waals surface area (Å²) in [5, 5.41) is 11.4. The number of carboxylic acids is 1. The molecule has 27 heavy (non-hydrogen) atoms. The molecule has 0 bridgehead atoms. The fourth-order valence-corrected chi connectivity index (χ4v) is 3.46. The number of aliphatic carboxylic acids is 1. The summed E-state index contributed by atoms with van der Waals surface area (Å²) in [6.45, 7) is 2.05. The van der Waals surface area contributed by atoms with Crippen LogP contribution in [0.4, 0.5) is 0 Å². The first-order valence-corrected chi connectivity index (χ1v) is 9.90. The minimum absolute atomic E-state index is 0.00957. The van der Waals surface area contributed by atoms with Crippen molar-refractivity contribution >= 4 is 21.9 Å². The standard InChI is InChI=1S/C19H22N2O5S/c1-14(10-18(22)23)12-20-19(24)16-8-5-9-17(11-16)27(25,26)21-13-15-6-3-2-4-7-15/h2-9,11,14,21H,10,12-13H2,1H3,(H,20,24)(H,22,23). The first-order chi connectivity index (χ1) is 12.8. The predicted molar refractivity (Wildman–Crippen MR) is 101 cm³/mol. The molecule has 0 spiro atoms. The molecule has 0 saturated heterocycles. The normalized spacial score (nSPS) is 12.3. The van der Waals surface area contributed by atoms with Gasteiger partial charge in [-0.2, -0.15) is 0 Å². The second kappa shape index (κ2) is 9.29. The number of amides is 1. The molecule has 1 unspecified atom stereocenters. The zero-order valence-electron chi connectivity index (χ0n) is 14.9. The fraction of sp³-hybridized carbons (Fsp3) is 0.263. The smallest absolute Gasteiger partial charge is 0.303 e. The lowest BCUT2D eigenvalue weighted by atomic mass is 10.1. The molecule has 0 saturated carbocycles. The van der Waals surface area contributed by atoms with Gasteiger partial charge in [0.05, 0.1) is 4.90 Å². The predicted octanol–water partition coefficient (Wildman–Crippen LogP) is 2.01. The van der Waals surface area contributed by atoms with Crippen LogP contribution in [0.1, 0.15) is 29.3 Å². The van der Waals surface area contributed by atoms with Crippen molar-refractivity contribution in [3.63, 3.8) is 0 Å². The molecule has 0 aliphatic carbocycles. The van der Waals surface area contributed by atoms with Gasteiger partial charge in [0, 0.05) is 25.1 Å². The summed E-state index contributed by atoms with van der Waals surface area (Å²) in [5.74, 6) is -1.62. The average molecular weight is 390 g/mol. The molecule has 0 aromatic heterocycles. The van der Waals surface area contributed by atoms with E-state index in [0.29, 0.717) is 0 Å². The summed E-state index contributed by atoms with van der Waals surface area (Å²) in [4.78, 5) is 22.9. The first kappa shape index (κ1) is 20.6. The molecule has 2 aromatic rings. The molecule has 3 N–H and O–H groups in total. The number of carbonyl (C=O) groups excluding carboxylic acids is 1. The van der Waals surface area contributed by atoms with Crippen LogP contribution in [0.25, 0.3) is 0 Å². The van der Waals surface area contributed by atoms with E-state index in [4.69, 9.17) is 5.11 Å². The first-order valence-electron chi connectivity index (χ1n) is 8.41. The monoisotopic (exact) mass is 390 g/mol. The van der Waals surface area contributed by atoms with E-state index in [1.54, 1.807) is 6.92 Å². The maximum absolute atomic E-state index is 12.5. The molecule has 0 aliphatic rings. The van der Waals surface area contributed by atoms with Gasteiger partial charge in [0.25, 0.3) is 5.91 Å². The number of hydrogen-bond acceptors (Lipinski definition) is 4. The zero-order chi connectivity index (χ0) is 19.9. The number of rotatable bonds is 9. The highest BCUT2D eigenvalue weighted by Gasteiger charge is 2.17. The van der Waals surface area contributed by atoms with Gasteiger partial charge in [0.1, 0.15) is 0 Å². The van der Waals surface area contributed by atoms with Gasteiger partial charge < -0.3 is 10.4 Å². The van der Waals surface area contributed by atoms with Crippen molar-refractivity contribution in [2.45, 2.75) is 24.8 Å². The van der Waals surface area contributed by atoms with Crippen LogP contribution in [-0.2, 0) is 21.4 Å². The van der Waals surface area contributed by atoms with Gasteiger partial charge in [-0.1, -0.05) is 43.3 Å². The number of sulfonamides is 1. The van der Waals surface area contributed by atoms with Gasteiger partial charge in [-0.3, -0.25) is 9.59 Å². The van der Waals surface area contributed by atoms with Crippen LogP contribution < -0.4 is 10.0 Å². The lowest BCUT2D eigenvalue weighted by molar-refractivity contribution is -0.137. The van der Waals surface area contributed by atoms with Crippen LogP contribution in [-0.4, -0.2) is 31.9 Å². The number of carbonyl (C=O) groups is 2. The average Bonchev–Trinajstić information content (AvgIpc) is 2.65. The summed E-state index contributed by atoms with van der Waals surface area (Å²) in [6, 6.07) is 14.8. The van der Waals surface area contributed by atoms with Gasteiger partial charge in [0.15, 0.2) is 0 Å². The summed E-state index contributed by atoms with van der Waals surface area (Å²) in [7, 11) is -3.77. The summed E-state index contributed by atoms with van der Waals surface area (Å²) in [5.41, 5.74) is 1.02. The van der Waals surface area contributed by atoms with Crippen molar-refractivity contribution in [3.8, 4) is 0 Å². The van der Waals surface area contributed by atoms with Crippen LogP contribution in [0, 0.1) is 5.92 Å². The van der Waals surface area contributed by atoms with Gasteiger partial charge in [-0.05, 0) is 29.7 Å². The van der Waals surface area contributed by atoms with Crippen LogP contribution in [0.3, 0.4) is 0 Å². The summed E-state index contributed by atoms with van der Waals surface area (Å²) < 4.78 is 27.4. The van der Waals surface area contributed by atoms with E-state index in [2.05, 4.69) is 10.0 Å². The fourth-order valence-electron chi connectivity index (χ4n) is 2.40. The van der Waals surface area contributed by atoms with E-state index in [1.807, 2.05) is 30.3 Å². The van der Waals surface area contributed by atoms with E-state index >= 15 is 0 Å². The zero-order valence-corrected chi connectivity index (χ0v) is 15.7. The Morgan fingerprint density at radius 1 is 1.07 bits per heavy atom. The maximum Gasteiger partial charge on any atom is 0.303 e. The minimum atomic E-state index is -3.77. The van der Waals surface area contributed by atoms with Crippen molar-refractivity contribution in [1.29, 1.82) is 0 Å². The van der Waals surface area contributed by atoms with Crippen molar-refractivity contribution in [3.05, 3.63) is 65.7 Å². The number of hydrogen-bond donors (Lipinski definition) is 3. The third-order valence-electron chi connectivity index (χ3n) is 3.85. The Bertz CT molecular complexity index is 897. The van der Waals surface area contributed by atoms with Crippen molar-refractivity contribution in [2.24, 2.45) is 5.92 Å². The molecule has 0 fully saturated rings. The number of carboxylic acid groups (broad SMARTS) is 1. The largest absolute Gasteiger partial charge is 0.481 e. The maximum atomic E-state index is 12.5. The second-order valence-corrected chi connectivity index (χ2v) is 8.02. The molecule has 2 rings (SSSR count). The highest BCUT2D eigenvalue weighted by molar-refractivity contribution is 7.89. The molecular weight excluding hydrogens is 368 g/mol. The van der Waals surface area contributed by atoms with E-state index in [0.717, 1.165) is 5.56 Å². The molecular formula is C19H22N2O5S. The van der Waals surface area contributed by atoms with Crippen molar-refractivity contribution in [2.75, 3.05) is 6.54 Å². The third kappa shape index (κ3) is 6.50. The molecule has 1 amide bonds. The van der Waals surface area contributed by atoms with Crippen LogP contribution >= 0.6 is 0 Å². The Morgan fingerprint density at radius 3 is 2.44 bits per heavy atom. The van der Waals surface area contributed by atoms with E-state index in [-0.39, 0.29) is 35.9 Å². The SMILES string of the molecule is CC(CNC(=O)c1cccc(S(=O)(=O)NCc2ccccc2)c1)CC(=O)O. The quantitative estimate of drug-likeness (QED) is 0.606. The van der Waals surface area contributed by atoms with Gasteiger partial charge in [-0.15, -0.1) is 0 Å². The van der Waals surface area contributed by atoms with Crippen molar-refractivity contribution < 1.29 is 23.1 Å². The van der Waals surface area contributed by atoms with E-state index in [9.17, 15) is 18.0 Å². The molecule has 8 heteroatoms. The van der Waals surface area contributed by atoms with E-state index < -0.39 is 21.9 Å². The third-order valence-corrected chi connectivity index (χ3v) is 5.25. The molecule has 1 atom stereocenters. The van der Waals surface area contributed by atoms with Gasteiger partial charge in [-0.25, -0.2) is 13.1 Å². The van der Waals surface area contributed by atoms with Crippen LogP contribution in [0.2, 0.25) is 0 Å². The highest BCUT2D eigenvalue weighted by Crippen LogP contribution is 2.13. The Labute approximate surface area is 158 Å². The van der Waals surface area contributed by atoms with Crippen molar-refractivity contribution in [1.82, 2.24) is 10.0 Å². The van der Waals surface area contributed by atoms with Crippen LogP contribution in [0.15, 0.2) is 59.5 Å². The Kier molecular flexibility index (Phi) is 7.09. The Morgan fingerprint density at radius 2 is 1.78 bits per heavy atom. The molecule has 2 aromatic carbocycles. The molecule has 0 heterocycles. The molecule has 0 radical (unpaired) electrons. The molecule has 0 aliphatic heterocycles. The number of benzene rings is 2. The van der Waals surface area contributed by atoms with Gasteiger partial charge in [0.2, 0.25) is 10.0 Å². The minimum Gasteiger partial charge on any atom is -0.481 e. The number of nitrogens with one attached hydrogen (secondary N) is 2.